The molecule has 15 rings (SSSR count). The number of fused-ring (bicyclic) bond motifs is 7. The minimum Gasteiger partial charge on any atom is -0.456 e. The first-order valence-corrected chi connectivity index (χ1v) is 34.1. The predicted octanol–water partition coefficient (Wildman–Crippen LogP) is 24.2. The molecule has 4 heteroatoms. The van der Waals surface area contributed by atoms with Crippen molar-refractivity contribution in [2.24, 2.45) is 0 Å². The van der Waals surface area contributed by atoms with Gasteiger partial charge in [-0.05, 0) is 182 Å². The molecule has 0 unspecified atom stereocenters. The third-order valence-electron chi connectivity index (χ3n) is 20.0. The van der Waals surface area contributed by atoms with Crippen LogP contribution in [0.25, 0.3) is 88.7 Å². The van der Waals surface area contributed by atoms with Crippen molar-refractivity contribution in [1.29, 1.82) is 0 Å². The van der Waals surface area contributed by atoms with Gasteiger partial charge in [0.2, 0.25) is 0 Å². The summed E-state index contributed by atoms with van der Waals surface area (Å²) in [6.07, 6.45) is 0. The second-order valence-corrected chi connectivity index (χ2v) is 31.9. The van der Waals surface area contributed by atoms with E-state index in [4.69, 9.17) is 8.53 Å². The van der Waals surface area contributed by atoms with E-state index in [1.807, 2.05) is 6.07 Å². The van der Waals surface area contributed by atoms with Crippen LogP contribution in [0.5, 0.6) is 0 Å². The minimum atomic E-state index is -0.432. The maximum absolute atomic E-state index is 9.63. The van der Waals surface area contributed by atoms with E-state index in [2.05, 4.69) is 332 Å². The molecule has 1 aromatic heterocycles. The Morgan fingerprint density at radius 3 is 1.19 bits per heavy atom. The molecule has 0 saturated heterocycles. The van der Waals surface area contributed by atoms with Crippen molar-refractivity contribution in [2.45, 2.75) is 131 Å². The molecule has 0 N–H and O–H groups in total. The molecule has 0 amide bonds. The first-order chi connectivity index (χ1) is 47.8. The molecule has 3 heterocycles. The second-order valence-electron chi connectivity index (χ2n) is 31.9. The van der Waals surface area contributed by atoms with E-state index in [-0.39, 0.29) is 56.8 Å². The lowest BCUT2D eigenvalue weighted by Gasteiger charge is -2.46. The maximum atomic E-state index is 9.63. The van der Waals surface area contributed by atoms with Crippen molar-refractivity contribution < 1.29 is 11.3 Å². The maximum Gasteiger partial charge on any atom is 0.252 e. The van der Waals surface area contributed by atoms with E-state index in [1.165, 1.54) is 27.8 Å². The van der Waals surface area contributed by atoms with Gasteiger partial charge in [-0.1, -0.05) is 304 Å². The molecule has 0 bridgehead atoms. The number of rotatable bonds is 8. The average Bonchev–Trinajstić information content (AvgIpc) is 1.08. The van der Waals surface area contributed by atoms with Crippen molar-refractivity contribution >= 4 is 79.2 Å². The fourth-order valence-corrected chi connectivity index (χ4v) is 14.5. The van der Waals surface area contributed by atoms with Crippen LogP contribution >= 0.6 is 0 Å². The topological polar surface area (TPSA) is 19.6 Å². The van der Waals surface area contributed by atoms with E-state index in [1.54, 1.807) is 0 Å². The molecule has 0 saturated carbocycles. The Bertz CT molecular complexity index is 5350. The van der Waals surface area contributed by atoms with Gasteiger partial charge >= 0.3 is 0 Å². The van der Waals surface area contributed by atoms with Crippen molar-refractivity contribution in [1.82, 2.24) is 0 Å². The molecule has 2 aliphatic rings. The van der Waals surface area contributed by atoms with Gasteiger partial charge in [-0.15, -0.1) is 0 Å². The van der Waals surface area contributed by atoms with Gasteiger partial charge in [0.05, 0.1) is 23.6 Å². The Morgan fingerprint density at radius 2 is 0.688 bits per heavy atom. The summed E-state index contributed by atoms with van der Waals surface area (Å²) >= 11 is 0. The molecule has 0 atom stereocenters. The number of anilines is 6. The summed E-state index contributed by atoms with van der Waals surface area (Å²) in [5.41, 5.74) is 26.7. The lowest BCUT2D eigenvalue weighted by Crippen LogP contribution is -2.61. The van der Waals surface area contributed by atoms with Gasteiger partial charge in [-0.3, -0.25) is 0 Å². The number of furan rings is 1. The quantitative estimate of drug-likeness (QED) is 0.141. The normalized spacial score (nSPS) is 14.0. The SMILES string of the molecule is [2H]c1c([2H])c([2H])c(-c2ccc3c(c2)N(c2c(-c4ccccc4)cc(C(C)(C)C)cc2-c2ccccc2)c2cc(-c4cc(C(C)(C)C)cc(C(C)(C)C)c4)cc4c2B3c2ccc(-c3cc(C(C)(C)C)cc(C(C)(C)C)c3)cc2N4c2cc(-c3ccccc3)cc3oc4ccccc4c23)c([2H])c1[2H]. The van der Waals surface area contributed by atoms with Gasteiger partial charge in [0, 0.05) is 39.3 Å². The highest BCUT2D eigenvalue weighted by Gasteiger charge is 2.46. The van der Waals surface area contributed by atoms with Gasteiger partial charge in [0.1, 0.15) is 11.2 Å². The summed E-state index contributed by atoms with van der Waals surface area (Å²) in [6, 6.07) is 81.1. The zero-order valence-electron chi connectivity index (χ0n) is 63.2. The molecule has 12 aromatic carbocycles. The fourth-order valence-electron chi connectivity index (χ4n) is 14.5. The number of hydrogen-bond donors (Lipinski definition) is 0. The second kappa shape index (κ2) is 22.9. The van der Waals surface area contributed by atoms with E-state index in [9.17, 15) is 2.74 Å². The Labute approximate surface area is 577 Å². The highest BCUT2D eigenvalue weighted by atomic mass is 16.3. The van der Waals surface area contributed by atoms with Crippen LogP contribution in [-0.4, -0.2) is 6.71 Å². The van der Waals surface area contributed by atoms with Gasteiger partial charge in [0.25, 0.3) is 6.71 Å². The third kappa shape index (κ3) is 11.1. The summed E-state index contributed by atoms with van der Waals surface area (Å²) in [5.74, 6) is 0. The van der Waals surface area contributed by atoms with Crippen LogP contribution in [0.4, 0.5) is 34.1 Å². The van der Waals surface area contributed by atoms with Crippen molar-refractivity contribution in [3.8, 4) is 66.8 Å². The largest absolute Gasteiger partial charge is 0.456 e. The fraction of sp³-hybridized carbons (Fsp3) is 0.217. The zero-order chi connectivity index (χ0) is 71.3. The molecule has 0 spiro atoms. The third-order valence-corrected chi connectivity index (χ3v) is 20.0. The van der Waals surface area contributed by atoms with Gasteiger partial charge in [0.15, 0.2) is 0 Å². The molecule has 3 nitrogen and oxygen atoms in total. The molecule has 13 aromatic rings. The smallest absolute Gasteiger partial charge is 0.252 e. The van der Waals surface area contributed by atoms with E-state index in [0.29, 0.717) is 5.56 Å². The van der Waals surface area contributed by atoms with Crippen LogP contribution in [0.15, 0.2) is 259 Å². The minimum absolute atomic E-state index is 0.143. The first-order valence-electron chi connectivity index (χ1n) is 36.6. The van der Waals surface area contributed by atoms with Crippen molar-refractivity contribution in [3.05, 3.63) is 282 Å². The lowest BCUT2D eigenvalue weighted by atomic mass is 9.33. The van der Waals surface area contributed by atoms with Crippen LogP contribution in [0.2, 0.25) is 0 Å². The molecular weight excluding hydrogens is 1160 g/mol. The van der Waals surface area contributed by atoms with Crippen molar-refractivity contribution in [3.63, 3.8) is 0 Å². The number of hydrogen-bond acceptors (Lipinski definition) is 3. The highest BCUT2D eigenvalue weighted by Crippen LogP contribution is 2.55. The van der Waals surface area contributed by atoms with Crippen molar-refractivity contribution in [2.75, 3.05) is 9.80 Å². The zero-order valence-corrected chi connectivity index (χ0v) is 58.2. The number of benzene rings is 12. The summed E-state index contributed by atoms with van der Waals surface area (Å²) in [5, 5.41) is 2.00. The Morgan fingerprint density at radius 1 is 0.302 bits per heavy atom. The van der Waals surface area contributed by atoms with Gasteiger partial charge in [-0.2, -0.15) is 0 Å². The monoisotopic (exact) mass is 1250 g/mol. The molecule has 0 fully saturated rings. The van der Waals surface area contributed by atoms with Gasteiger partial charge in [-0.25, -0.2) is 0 Å². The van der Waals surface area contributed by atoms with Gasteiger partial charge < -0.3 is 14.2 Å². The van der Waals surface area contributed by atoms with Crippen LogP contribution in [0.1, 0.15) is 139 Å². The summed E-state index contributed by atoms with van der Waals surface area (Å²) in [4.78, 5) is 5.07. The van der Waals surface area contributed by atoms with E-state index >= 15 is 0 Å². The lowest BCUT2D eigenvalue weighted by molar-refractivity contribution is 0.568. The first kappa shape index (κ1) is 56.5. The summed E-state index contributed by atoms with van der Waals surface area (Å²) in [7, 11) is 0. The molecule has 0 radical (unpaired) electrons. The highest BCUT2D eigenvalue weighted by molar-refractivity contribution is 7.00. The molecule has 474 valence electrons. The van der Waals surface area contributed by atoms with Crippen LogP contribution in [0.3, 0.4) is 0 Å². The molecular formula is C92H87BN2O. The Kier molecular flexibility index (Phi) is 13.5. The van der Waals surface area contributed by atoms with Crippen LogP contribution in [-0.2, 0) is 27.1 Å². The standard InChI is InChI=1S/C92H87BN2O/c1-88(2,3)68-44-64(45-69(54-68)89(4,5)6)63-41-43-76-78(49-63)94(80-50-67(59-32-22-17-23-33-59)53-84-85(80)73-38-28-29-39-83(73)96-84)81-51-66(65-46-70(90(7,8)9)55-71(47-65)91(10,11)12)52-82-86(81)93(76)77-42-40-62(58-30-20-16-21-31-58)48-79(77)95(82)87-74(60-34-24-18-25-35-60)56-72(92(13,14)15)57-75(87)61-36-26-19-27-37-61/h16-57H,1-15H3/i16D,20D,21D,30D,31D. The summed E-state index contributed by atoms with van der Waals surface area (Å²) in [6.45, 7) is 34.1. The molecule has 96 heavy (non-hydrogen) atoms. The Hall–Kier alpha value is -9.90. The number of nitrogens with zero attached hydrogens (tertiary/aromatic N) is 2. The number of para-hydroxylation sites is 1. The van der Waals surface area contributed by atoms with E-state index in [0.717, 1.165) is 128 Å². The van der Waals surface area contributed by atoms with Crippen LogP contribution in [0, 0.1) is 0 Å². The van der Waals surface area contributed by atoms with E-state index < -0.39 is 12.8 Å². The Balaban J connectivity index is 1.18. The molecule has 0 aliphatic carbocycles. The predicted molar refractivity (Wildman–Crippen MR) is 414 cm³/mol. The van der Waals surface area contributed by atoms with Crippen LogP contribution < -0.4 is 26.2 Å². The summed E-state index contributed by atoms with van der Waals surface area (Å²) < 4.78 is 53.4. The average molecular weight is 1250 g/mol. The molecule has 2 aliphatic heterocycles.